The number of amides is 1. The number of para-hydroxylation sites is 1. The number of nitrogens with zero attached hydrogens (tertiary/aromatic N) is 2. The smallest absolute Gasteiger partial charge is 0.255 e. The zero-order valence-electron chi connectivity index (χ0n) is 12.7. The third-order valence-electron chi connectivity index (χ3n) is 4.43. The van der Waals surface area contributed by atoms with Gasteiger partial charge in [-0.1, -0.05) is 19.1 Å². The third-order valence-corrected chi connectivity index (χ3v) is 4.43. The summed E-state index contributed by atoms with van der Waals surface area (Å²) >= 11 is 0. The summed E-state index contributed by atoms with van der Waals surface area (Å²) in [6, 6.07) is 5.98. The lowest BCUT2D eigenvalue weighted by Gasteiger charge is -2.36. The zero-order valence-corrected chi connectivity index (χ0v) is 12.7. The van der Waals surface area contributed by atoms with Gasteiger partial charge in [0.2, 0.25) is 0 Å². The summed E-state index contributed by atoms with van der Waals surface area (Å²) in [6.07, 6.45) is 2.09. The number of carbonyl (C=O) groups is 1. The minimum absolute atomic E-state index is 0.0427. The van der Waals surface area contributed by atoms with Crippen LogP contribution in [0.1, 0.15) is 35.7 Å². The van der Waals surface area contributed by atoms with Crippen molar-refractivity contribution in [3.63, 3.8) is 0 Å². The molecule has 2 rings (SSSR count). The van der Waals surface area contributed by atoms with E-state index in [-0.39, 0.29) is 5.91 Å². The van der Waals surface area contributed by atoms with Crippen LogP contribution in [0.4, 0.5) is 5.69 Å². The second-order valence-corrected chi connectivity index (χ2v) is 5.62. The van der Waals surface area contributed by atoms with E-state index in [0.717, 1.165) is 38.0 Å². The van der Waals surface area contributed by atoms with Crippen molar-refractivity contribution >= 4 is 11.6 Å². The molecule has 0 saturated carbocycles. The lowest BCUT2D eigenvalue weighted by molar-refractivity contribution is 0.0648. The molecule has 1 aliphatic rings. The first kappa shape index (κ1) is 14.9. The number of likely N-dealkylation sites (tertiary alicyclic amines) is 1. The maximum Gasteiger partial charge on any atom is 0.255 e. The van der Waals surface area contributed by atoms with Crippen molar-refractivity contribution in [3.8, 4) is 0 Å². The highest BCUT2D eigenvalue weighted by molar-refractivity contribution is 5.99. The van der Waals surface area contributed by atoms with Gasteiger partial charge in [-0.05, 0) is 37.9 Å². The van der Waals surface area contributed by atoms with Gasteiger partial charge >= 0.3 is 0 Å². The predicted octanol–water partition coefficient (Wildman–Crippen LogP) is 2.13. The van der Waals surface area contributed by atoms with Crippen molar-refractivity contribution in [1.29, 1.82) is 0 Å². The molecule has 1 aliphatic heterocycles. The van der Waals surface area contributed by atoms with E-state index >= 15 is 0 Å². The van der Waals surface area contributed by atoms with Crippen LogP contribution in [-0.2, 0) is 0 Å². The molecule has 110 valence electrons. The Hall–Kier alpha value is -1.55. The summed E-state index contributed by atoms with van der Waals surface area (Å²) in [4.78, 5) is 16.9. The summed E-state index contributed by atoms with van der Waals surface area (Å²) in [5.74, 6) is 0.0427. The molecule has 0 radical (unpaired) electrons. The van der Waals surface area contributed by atoms with Crippen molar-refractivity contribution in [2.45, 2.75) is 32.7 Å². The number of carbonyl (C=O) groups excluding carboxylic acids is 1. The SMILES string of the molecule is CCN1CCC(N(C)C(=O)c2cccc(C)c2N)CC1. The highest BCUT2D eigenvalue weighted by atomic mass is 16.2. The van der Waals surface area contributed by atoms with E-state index in [0.29, 0.717) is 17.3 Å². The molecule has 1 saturated heterocycles. The first-order chi connectivity index (χ1) is 9.54. The molecule has 1 heterocycles. The zero-order chi connectivity index (χ0) is 14.7. The van der Waals surface area contributed by atoms with Crippen LogP contribution in [0.15, 0.2) is 18.2 Å². The summed E-state index contributed by atoms with van der Waals surface area (Å²) < 4.78 is 0. The number of aryl methyl sites for hydroxylation is 1. The Labute approximate surface area is 121 Å². The van der Waals surface area contributed by atoms with Gasteiger partial charge in [-0.15, -0.1) is 0 Å². The average Bonchev–Trinajstić information content (AvgIpc) is 2.48. The van der Waals surface area contributed by atoms with Crippen molar-refractivity contribution in [2.75, 3.05) is 32.4 Å². The highest BCUT2D eigenvalue weighted by Gasteiger charge is 2.26. The Balaban J connectivity index is 2.07. The molecule has 4 nitrogen and oxygen atoms in total. The quantitative estimate of drug-likeness (QED) is 0.860. The van der Waals surface area contributed by atoms with Crippen LogP contribution in [-0.4, -0.2) is 48.4 Å². The van der Waals surface area contributed by atoms with Gasteiger partial charge in [-0.25, -0.2) is 0 Å². The van der Waals surface area contributed by atoms with Crippen molar-refractivity contribution in [3.05, 3.63) is 29.3 Å². The maximum atomic E-state index is 12.6. The second kappa shape index (κ2) is 6.27. The fourth-order valence-corrected chi connectivity index (χ4v) is 2.85. The molecule has 1 amide bonds. The summed E-state index contributed by atoms with van der Waals surface area (Å²) in [5, 5.41) is 0. The van der Waals surface area contributed by atoms with Crippen molar-refractivity contribution in [1.82, 2.24) is 9.80 Å². The number of hydrogen-bond acceptors (Lipinski definition) is 3. The van der Waals surface area contributed by atoms with Gasteiger partial charge in [0.1, 0.15) is 0 Å². The average molecular weight is 275 g/mol. The molecule has 1 fully saturated rings. The van der Waals surface area contributed by atoms with Gasteiger partial charge in [0, 0.05) is 31.9 Å². The summed E-state index contributed by atoms with van der Waals surface area (Å²) in [6.45, 7) is 7.36. The maximum absolute atomic E-state index is 12.6. The number of hydrogen-bond donors (Lipinski definition) is 1. The van der Waals surface area contributed by atoms with E-state index in [2.05, 4.69) is 11.8 Å². The summed E-state index contributed by atoms with van der Waals surface area (Å²) in [7, 11) is 1.90. The second-order valence-electron chi connectivity index (χ2n) is 5.62. The van der Waals surface area contributed by atoms with E-state index in [4.69, 9.17) is 5.73 Å². The van der Waals surface area contributed by atoms with Crippen LogP contribution in [0.5, 0.6) is 0 Å². The molecule has 0 bridgehead atoms. The Morgan fingerprint density at radius 3 is 2.65 bits per heavy atom. The number of benzene rings is 1. The van der Waals surface area contributed by atoms with Gasteiger partial charge < -0.3 is 15.5 Å². The Kier molecular flexibility index (Phi) is 4.65. The molecule has 0 atom stereocenters. The fraction of sp³-hybridized carbons (Fsp3) is 0.562. The first-order valence-corrected chi connectivity index (χ1v) is 7.39. The van der Waals surface area contributed by atoms with E-state index in [9.17, 15) is 4.79 Å². The number of piperidine rings is 1. The molecule has 4 heteroatoms. The monoisotopic (exact) mass is 275 g/mol. The summed E-state index contributed by atoms with van der Waals surface area (Å²) in [5.41, 5.74) is 8.24. The Morgan fingerprint density at radius 2 is 2.05 bits per heavy atom. The molecule has 0 unspecified atom stereocenters. The first-order valence-electron chi connectivity index (χ1n) is 7.39. The largest absolute Gasteiger partial charge is 0.398 e. The van der Waals surface area contributed by atoms with E-state index in [1.54, 1.807) is 0 Å². The fourth-order valence-electron chi connectivity index (χ4n) is 2.85. The van der Waals surface area contributed by atoms with E-state index < -0.39 is 0 Å². The third kappa shape index (κ3) is 2.96. The molecule has 2 N–H and O–H groups in total. The minimum Gasteiger partial charge on any atom is -0.398 e. The van der Waals surface area contributed by atoms with Gasteiger partial charge in [-0.3, -0.25) is 4.79 Å². The molecule has 20 heavy (non-hydrogen) atoms. The van der Waals surface area contributed by atoms with Gasteiger partial charge in [0.25, 0.3) is 5.91 Å². The molecule has 1 aromatic carbocycles. The molecule has 0 aromatic heterocycles. The Morgan fingerprint density at radius 1 is 1.40 bits per heavy atom. The van der Waals surface area contributed by atoms with Crippen LogP contribution in [0, 0.1) is 6.92 Å². The number of nitrogen functional groups attached to an aromatic ring is 1. The van der Waals surface area contributed by atoms with Crippen molar-refractivity contribution < 1.29 is 4.79 Å². The van der Waals surface area contributed by atoms with Gasteiger partial charge in [0.05, 0.1) is 5.56 Å². The minimum atomic E-state index is 0.0427. The highest BCUT2D eigenvalue weighted by Crippen LogP contribution is 2.22. The topological polar surface area (TPSA) is 49.6 Å². The van der Waals surface area contributed by atoms with Crippen LogP contribution >= 0.6 is 0 Å². The molecular formula is C16H25N3O. The molecule has 1 aromatic rings. The standard InChI is InChI=1S/C16H25N3O/c1-4-19-10-8-13(9-11-19)18(3)16(20)14-7-5-6-12(2)15(14)17/h5-7,13H,4,8-11,17H2,1-3H3. The lowest BCUT2D eigenvalue weighted by Crippen LogP contribution is -2.45. The van der Waals surface area contributed by atoms with E-state index in [1.165, 1.54) is 0 Å². The molecular weight excluding hydrogens is 250 g/mol. The van der Waals surface area contributed by atoms with Crippen LogP contribution in [0.2, 0.25) is 0 Å². The van der Waals surface area contributed by atoms with Crippen LogP contribution in [0.3, 0.4) is 0 Å². The van der Waals surface area contributed by atoms with Crippen LogP contribution in [0.25, 0.3) is 0 Å². The van der Waals surface area contributed by atoms with Gasteiger partial charge in [-0.2, -0.15) is 0 Å². The Bertz CT molecular complexity index is 479. The predicted molar refractivity (Wildman–Crippen MR) is 82.8 cm³/mol. The van der Waals surface area contributed by atoms with Crippen LogP contribution < -0.4 is 5.73 Å². The normalized spacial score (nSPS) is 17.1. The van der Waals surface area contributed by atoms with E-state index in [1.807, 2.05) is 37.1 Å². The van der Waals surface area contributed by atoms with Gasteiger partial charge in [0.15, 0.2) is 0 Å². The lowest BCUT2D eigenvalue weighted by atomic mass is 10.0. The number of nitrogens with two attached hydrogens (primary N) is 1. The number of rotatable bonds is 3. The number of anilines is 1. The molecule has 0 aliphatic carbocycles. The molecule has 0 spiro atoms. The van der Waals surface area contributed by atoms with Crippen molar-refractivity contribution in [2.24, 2.45) is 0 Å².